The van der Waals surface area contributed by atoms with Crippen molar-refractivity contribution in [3.05, 3.63) is 47.8 Å². The Kier molecular flexibility index (Phi) is 5.07. The maximum absolute atomic E-state index is 13.0. The summed E-state index contributed by atoms with van der Waals surface area (Å²) in [6, 6.07) is 11.1. The van der Waals surface area contributed by atoms with Crippen LogP contribution in [-0.4, -0.2) is 28.1 Å². The number of nitrogens with two attached hydrogens (primary N) is 1. The molecule has 24 heavy (non-hydrogen) atoms. The Morgan fingerprint density at radius 1 is 1.21 bits per heavy atom. The molecule has 128 valence electrons. The van der Waals surface area contributed by atoms with E-state index >= 15 is 0 Å². The van der Waals surface area contributed by atoms with E-state index in [0.29, 0.717) is 5.69 Å². The van der Waals surface area contributed by atoms with Crippen molar-refractivity contribution >= 4 is 17.5 Å². The highest BCUT2D eigenvalue weighted by Crippen LogP contribution is 2.23. The molecular weight excluding hydrogens is 304 g/mol. The number of aromatic nitrogens is 2. The molecule has 2 amide bonds. The Balaban J connectivity index is 2.37. The molecule has 0 unspecified atom stereocenters. The van der Waals surface area contributed by atoms with E-state index in [1.165, 1.54) is 0 Å². The topological polar surface area (TPSA) is 81.2 Å². The lowest BCUT2D eigenvalue weighted by Crippen LogP contribution is -2.35. The summed E-state index contributed by atoms with van der Waals surface area (Å²) >= 11 is 0. The zero-order valence-electron chi connectivity index (χ0n) is 14.6. The third kappa shape index (κ3) is 4.01. The number of hydrogen-bond donors (Lipinski definition) is 1. The Morgan fingerprint density at radius 3 is 2.33 bits per heavy atom. The fourth-order valence-electron chi connectivity index (χ4n) is 2.35. The van der Waals surface area contributed by atoms with Gasteiger partial charge in [0.2, 0.25) is 5.91 Å². The molecule has 0 saturated heterocycles. The van der Waals surface area contributed by atoms with Gasteiger partial charge in [-0.2, -0.15) is 5.10 Å². The van der Waals surface area contributed by atoms with Gasteiger partial charge in [0.1, 0.15) is 5.69 Å². The minimum absolute atomic E-state index is 0.102. The van der Waals surface area contributed by atoms with Crippen molar-refractivity contribution < 1.29 is 9.59 Å². The molecule has 0 fully saturated rings. The van der Waals surface area contributed by atoms with Crippen LogP contribution >= 0.6 is 0 Å². The number of hydrogen-bond acceptors (Lipinski definition) is 3. The smallest absolute Gasteiger partial charge is 0.276 e. The van der Waals surface area contributed by atoms with Gasteiger partial charge in [0.25, 0.3) is 5.91 Å². The summed E-state index contributed by atoms with van der Waals surface area (Å²) in [5.41, 5.74) is 7.15. The number of para-hydroxylation sites is 1. The maximum Gasteiger partial charge on any atom is 0.276 e. The normalized spacial score (nSPS) is 11.3. The quantitative estimate of drug-likeness (QED) is 0.914. The van der Waals surface area contributed by atoms with Crippen molar-refractivity contribution in [2.24, 2.45) is 12.8 Å². The number of aryl methyl sites for hydroxylation is 1. The number of benzene rings is 1. The number of nitrogens with zero attached hydrogens (tertiary/aromatic N) is 3. The second-order valence-electron chi connectivity index (χ2n) is 6.80. The van der Waals surface area contributed by atoms with Crippen LogP contribution in [0.3, 0.4) is 0 Å². The zero-order valence-corrected chi connectivity index (χ0v) is 14.6. The van der Waals surface area contributed by atoms with Gasteiger partial charge in [0, 0.05) is 31.1 Å². The van der Waals surface area contributed by atoms with Crippen molar-refractivity contribution in [2.75, 3.05) is 11.4 Å². The summed E-state index contributed by atoms with van der Waals surface area (Å²) in [4.78, 5) is 25.8. The number of amides is 2. The standard InChI is InChI=1S/C18H24N4O2/c1-18(2,3)15-12-14(21(4)20-15)17(24)22(11-10-16(19)23)13-8-6-5-7-9-13/h5-9,12H,10-11H2,1-4H3,(H2,19,23). The SMILES string of the molecule is Cn1nc(C(C)(C)C)cc1C(=O)N(CCC(N)=O)c1ccccc1. The van der Waals surface area contributed by atoms with Crippen LogP contribution in [0.5, 0.6) is 0 Å². The fraction of sp³-hybridized carbons (Fsp3) is 0.389. The molecule has 0 aliphatic heterocycles. The molecule has 1 aromatic heterocycles. The number of carbonyl (C=O) groups excluding carboxylic acids is 2. The molecule has 0 bridgehead atoms. The molecule has 2 rings (SSSR count). The summed E-state index contributed by atoms with van der Waals surface area (Å²) in [7, 11) is 1.75. The third-order valence-corrected chi connectivity index (χ3v) is 3.76. The lowest BCUT2D eigenvalue weighted by molar-refractivity contribution is -0.117. The summed E-state index contributed by atoms with van der Waals surface area (Å²) in [5.74, 6) is -0.642. The Hall–Kier alpha value is -2.63. The summed E-state index contributed by atoms with van der Waals surface area (Å²) in [6.45, 7) is 6.37. The second kappa shape index (κ2) is 6.86. The highest BCUT2D eigenvalue weighted by molar-refractivity contribution is 6.05. The second-order valence-corrected chi connectivity index (χ2v) is 6.80. The van der Waals surface area contributed by atoms with Gasteiger partial charge in [-0.1, -0.05) is 39.0 Å². The first-order valence-electron chi connectivity index (χ1n) is 7.90. The number of carbonyl (C=O) groups is 2. The van der Waals surface area contributed by atoms with E-state index in [9.17, 15) is 9.59 Å². The van der Waals surface area contributed by atoms with E-state index in [1.54, 1.807) is 16.6 Å². The molecule has 0 radical (unpaired) electrons. The van der Waals surface area contributed by atoms with Gasteiger partial charge in [-0.15, -0.1) is 0 Å². The largest absolute Gasteiger partial charge is 0.370 e. The fourth-order valence-corrected chi connectivity index (χ4v) is 2.35. The molecule has 0 aliphatic rings. The summed E-state index contributed by atoms with van der Waals surface area (Å²) < 4.78 is 1.59. The maximum atomic E-state index is 13.0. The molecule has 0 atom stereocenters. The van der Waals surface area contributed by atoms with Crippen molar-refractivity contribution in [3.63, 3.8) is 0 Å². The molecule has 0 spiro atoms. The van der Waals surface area contributed by atoms with Gasteiger partial charge in [-0.3, -0.25) is 14.3 Å². The molecule has 1 aromatic carbocycles. The van der Waals surface area contributed by atoms with Gasteiger partial charge in [-0.05, 0) is 18.2 Å². The minimum atomic E-state index is -0.441. The molecule has 2 N–H and O–H groups in total. The number of primary amides is 1. The average molecular weight is 328 g/mol. The van der Waals surface area contributed by atoms with Crippen LogP contribution in [0.1, 0.15) is 43.4 Å². The Bertz CT molecular complexity index is 729. The van der Waals surface area contributed by atoms with Gasteiger partial charge in [-0.25, -0.2) is 0 Å². The van der Waals surface area contributed by atoms with Gasteiger partial charge >= 0.3 is 0 Å². The highest BCUT2D eigenvalue weighted by Gasteiger charge is 2.25. The molecule has 0 saturated carbocycles. The van der Waals surface area contributed by atoms with E-state index in [-0.39, 0.29) is 24.3 Å². The third-order valence-electron chi connectivity index (χ3n) is 3.76. The first-order chi connectivity index (χ1) is 11.2. The van der Waals surface area contributed by atoms with Gasteiger partial charge in [0.15, 0.2) is 0 Å². The molecule has 1 heterocycles. The first kappa shape index (κ1) is 17.7. The Labute approximate surface area is 142 Å². The lowest BCUT2D eigenvalue weighted by Gasteiger charge is -2.22. The predicted molar refractivity (Wildman–Crippen MR) is 93.8 cm³/mol. The predicted octanol–water partition coefficient (Wildman–Crippen LogP) is 2.24. The van der Waals surface area contributed by atoms with E-state index < -0.39 is 5.91 Å². The van der Waals surface area contributed by atoms with Crippen LogP contribution in [0.2, 0.25) is 0 Å². The summed E-state index contributed by atoms with van der Waals surface area (Å²) in [5, 5.41) is 4.45. The lowest BCUT2D eigenvalue weighted by atomic mass is 9.92. The Morgan fingerprint density at radius 2 is 1.83 bits per heavy atom. The van der Waals surface area contributed by atoms with Crippen LogP contribution in [0, 0.1) is 0 Å². The van der Waals surface area contributed by atoms with E-state index in [2.05, 4.69) is 5.10 Å². The van der Waals surface area contributed by atoms with Gasteiger partial charge in [0.05, 0.1) is 5.69 Å². The summed E-state index contributed by atoms with van der Waals surface area (Å²) in [6.07, 6.45) is 0.102. The minimum Gasteiger partial charge on any atom is -0.370 e. The van der Waals surface area contributed by atoms with E-state index in [4.69, 9.17) is 5.73 Å². The molecule has 2 aromatic rings. The van der Waals surface area contributed by atoms with E-state index in [1.807, 2.05) is 57.2 Å². The van der Waals surface area contributed by atoms with Crippen LogP contribution < -0.4 is 10.6 Å². The number of rotatable bonds is 5. The monoisotopic (exact) mass is 328 g/mol. The zero-order chi connectivity index (χ0) is 17.9. The molecule has 0 aliphatic carbocycles. The van der Waals surface area contributed by atoms with Crippen LogP contribution in [-0.2, 0) is 17.3 Å². The molecule has 6 heteroatoms. The van der Waals surface area contributed by atoms with Crippen LogP contribution in [0.4, 0.5) is 5.69 Å². The van der Waals surface area contributed by atoms with Crippen molar-refractivity contribution in [1.29, 1.82) is 0 Å². The highest BCUT2D eigenvalue weighted by atomic mass is 16.2. The van der Waals surface area contributed by atoms with Crippen molar-refractivity contribution in [2.45, 2.75) is 32.6 Å². The van der Waals surface area contributed by atoms with Crippen LogP contribution in [0.15, 0.2) is 36.4 Å². The number of anilines is 1. The average Bonchev–Trinajstić information content (AvgIpc) is 2.90. The molecular formula is C18H24N4O2. The first-order valence-corrected chi connectivity index (χ1v) is 7.90. The van der Waals surface area contributed by atoms with Gasteiger partial charge < -0.3 is 10.6 Å². The molecule has 6 nitrogen and oxygen atoms in total. The van der Waals surface area contributed by atoms with Crippen LogP contribution in [0.25, 0.3) is 0 Å². The van der Waals surface area contributed by atoms with Crippen molar-refractivity contribution in [3.8, 4) is 0 Å². The van der Waals surface area contributed by atoms with E-state index in [0.717, 1.165) is 11.4 Å². The van der Waals surface area contributed by atoms with Crippen molar-refractivity contribution in [1.82, 2.24) is 9.78 Å².